The highest BCUT2D eigenvalue weighted by molar-refractivity contribution is 8.00. The van der Waals surface area contributed by atoms with E-state index in [1.165, 1.54) is 51.7 Å². The zero-order valence-electron chi connectivity index (χ0n) is 11.3. The molecular formula is C17H17NS2. The molecule has 2 heterocycles. The van der Waals surface area contributed by atoms with Gasteiger partial charge in [0, 0.05) is 15.0 Å². The van der Waals surface area contributed by atoms with Crippen LogP contribution in [-0.4, -0.2) is 5.75 Å². The molecule has 102 valence electrons. The van der Waals surface area contributed by atoms with Gasteiger partial charge in [-0.15, -0.1) is 0 Å². The molecule has 1 N–H and O–H groups in total. The van der Waals surface area contributed by atoms with E-state index in [1.807, 2.05) is 11.8 Å². The molecule has 1 atom stereocenters. The lowest BCUT2D eigenvalue weighted by molar-refractivity contribution is 0.686. The van der Waals surface area contributed by atoms with Crippen molar-refractivity contribution in [2.24, 2.45) is 0 Å². The average molecular weight is 299 g/mol. The summed E-state index contributed by atoms with van der Waals surface area (Å²) in [5.41, 5.74) is 4.09. The Morgan fingerprint density at radius 3 is 2.75 bits per heavy atom. The van der Waals surface area contributed by atoms with Gasteiger partial charge in [-0.3, -0.25) is 0 Å². The molecule has 0 amide bonds. The van der Waals surface area contributed by atoms with Gasteiger partial charge >= 0.3 is 0 Å². The fraction of sp³-hybridized carbons (Fsp3) is 0.294. The van der Waals surface area contributed by atoms with Crippen LogP contribution in [-0.2, 0) is 0 Å². The molecule has 2 aromatic carbocycles. The van der Waals surface area contributed by atoms with Crippen LogP contribution in [0.5, 0.6) is 0 Å². The number of para-hydroxylation sites is 2. The van der Waals surface area contributed by atoms with E-state index < -0.39 is 0 Å². The van der Waals surface area contributed by atoms with E-state index >= 15 is 0 Å². The van der Waals surface area contributed by atoms with Crippen LogP contribution < -0.4 is 5.32 Å². The minimum atomic E-state index is 0.664. The fourth-order valence-electron chi connectivity index (χ4n) is 2.93. The molecule has 0 spiro atoms. The molecule has 2 aliphatic rings. The predicted octanol–water partition coefficient (Wildman–Crippen LogP) is 5.85. The monoisotopic (exact) mass is 299 g/mol. The first kappa shape index (κ1) is 12.7. The first-order chi connectivity index (χ1) is 9.92. The van der Waals surface area contributed by atoms with Gasteiger partial charge < -0.3 is 5.32 Å². The van der Waals surface area contributed by atoms with Gasteiger partial charge in [0.05, 0.1) is 11.4 Å². The summed E-state index contributed by atoms with van der Waals surface area (Å²) in [7, 11) is 0. The Kier molecular flexibility index (Phi) is 3.41. The van der Waals surface area contributed by atoms with Gasteiger partial charge in [-0.05, 0) is 42.4 Å². The summed E-state index contributed by atoms with van der Waals surface area (Å²) in [5.74, 6) is 1.30. The Labute approximate surface area is 128 Å². The van der Waals surface area contributed by atoms with Crippen molar-refractivity contribution in [3.8, 4) is 0 Å². The third kappa shape index (κ3) is 2.23. The number of nitrogens with one attached hydrogen (secondary N) is 1. The topological polar surface area (TPSA) is 12.0 Å². The van der Waals surface area contributed by atoms with E-state index in [4.69, 9.17) is 0 Å². The molecule has 0 saturated carbocycles. The summed E-state index contributed by atoms with van der Waals surface area (Å²) >= 11 is 4.01. The molecule has 1 nitrogen and oxygen atoms in total. The van der Waals surface area contributed by atoms with Crippen LogP contribution in [0, 0.1) is 0 Å². The summed E-state index contributed by atoms with van der Waals surface area (Å²) in [4.78, 5) is 2.70. The Morgan fingerprint density at radius 1 is 0.950 bits per heavy atom. The third-order valence-electron chi connectivity index (χ3n) is 3.95. The van der Waals surface area contributed by atoms with Crippen LogP contribution in [0.3, 0.4) is 0 Å². The van der Waals surface area contributed by atoms with Crippen molar-refractivity contribution in [2.75, 3.05) is 11.1 Å². The number of rotatable bonds is 1. The normalized spacial score (nSPS) is 20.7. The summed E-state index contributed by atoms with van der Waals surface area (Å²) in [6.45, 7) is 0. The standard InChI is InChI=1S/C17H17NS2/c1-2-9-15-13(7-1)18-17-12(6-5-10-16(17)20-15)14-8-3-4-11-19-14/h1-2,5-7,9-10,14,18H,3-4,8,11H2. The summed E-state index contributed by atoms with van der Waals surface area (Å²) < 4.78 is 0. The minimum Gasteiger partial charge on any atom is -0.353 e. The largest absolute Gasteiger partial charge is 0.353 e. The second-order valence-corrected chi connectivity index (χ2v) is 7.69. The lowest BCUT2D eigenvalue weighted by Crippen LogP contribution is -2.08. The third-order valence-corrected chi connectivity index (χ3v) is 6.50. The van der Waals surface area contributed by atoms with E-state index in [0.29, 0.717) is 5.25 Å². The van der Waals surface area contributed by atoms with Crippen molar-refractivity contribution in [3.63, 3.8) is 0 Å². The second-order valence-electron chi connectivity index (χ2n) is 5.30. The van der Waals surface area contributed by atoms with Gasteiger partial charge in [0.15, 0.2) is 0 Å². The van der Waals surface area contributed by atoms with Crippen LogP contribution in [0.4, 0.5) is 11.4 Å². The molecule has 3 heteroatoms. The predicted molar refractivity (Wildman–Crippen MR) is 89.3 cm³/mol. The van der Waals surface area contributed by atoms with Crippen molar-refractivity contribution >= 4 is 34.9 Å². The summed E-state index contributed by atoms with van der Waals surface area (Å²) in [6, 6.07) is 15.3. The molecule has 1 unspecified atom stereocenters. The van der Waals surface area contributed by atoms with E-state index in [0.717, 1.165) is 0 Å². The van der Waals surface area contributed by atoms with Crippen LogP contribution in [0.2, 0.25) is 0 Å². The van der Waals surface area contributed by atoms with E-state index in [9.17, 15) is 0 Å². The molecule has 2 aromatic rings. The molecule has 0 bridgehead atoms. The zero-order valence-corrected chi connectivity index (χ0v) is 12.9. The Bertz CT molecular complexity index is 633. The SMILES string of the molecule is c1ccc2c(c1)Nc1c(cccc1C1CCCCS1)S2. The van der Waals surface area contributed by atoms with Crippen LogP contribution in [0.25, 0.3) is 0 Å². The molecule has 2 aliphatic heterocycles. The van der Waals surface area contributed by atoms with Crippen molar-refractivity contribution in [2.45, 2.75) is 34.3 Å². The molecular weight excluding hydrogens is 282 g/mol. The highest BCUT2D eigenvalue weighted by atomic mass is 32.2. The highest BCUT2D eigenvalue weighted by Gasteiger charge is 2.23. The van der Waals surface area contributed by atoms with Crippen molar-refractivity contribution in [1.82, 2.24) is 0 Å². The molecule has 0 aromatic heterocycles. The fourth-order valence-corrected chi connectivity index (χ4v) is 5.33. The van der Waals surface area contributed by atoms with Gasteiger partial charge in [0.2, 0.25) is 0 Å². The first-order valence-electron chi connectivity index (χ1n) is 7.20. The zero-order chi connectivity index (χ0) is 13.4. The van der Waals surface area contributed by atoms with Crippen LogP contribution in [0.15, 0.2) is 52.3 Å². The lowest BCUT2D eigenvalue weighted by atomic mass is 10.0. The number of fused-ring (bicyclic) bond motifs is 2. The quantitative estimate of drug-likeness (QED) is 0.605. The first-order valence-corrected chi connectivity index (χ1v) is 9.07. The van der Waals surface area contributed by atoms with Gasteiger partial charge in [0.25, 0.3) is 0 Å². The Morgan fingerprint density at radius 2 is 1.85 bits per heavy atom. The van der Waals surface area contributed by atoms with Gasteiger partial charge in [-0.2, -0.15) is 11.8 Å². The Balaban J connectivity index is 1.74. The maximum Gasteiger partial charge on any atom is 0.0570 e. The molecule has 1 saturated heterocycles. The number of anilines is 2. The Hall–Kier alpha value is -1.06. The lowest BCUT2D eigenvalue weighted by Gasteiger charge is -2.28. The van der Waals surface area contributed by atoms with Gasteiger partial charge in [-0.1, -0.05) is 42.4 Å². The molecule has 4 rings (SSSR count). The molecule has 0 aliphatic carbocycles. The van der Waals surface area contributed by atoms with Crippen LogP contribution in [0.1, 0.15) is 30.1 Å². The van der Waals surface area contributed by atoms with Crippen molar-refractivity contribution in [3.05, 3.63) is 48.0 Å². The molecule has 20 heavy (non-hydrogen) atoms. The van der Waals surface area contributed by atoms with E-state index in [-0.39, 0.29) is 0 Å². The number of thioether (sulfide) groups is 1. The van der Waals surface area contributed by atoms with E-state index in [1.54, 1.807) is 0 Å². The highest BCUT2D eigenvalue weighted by Crippen LogP contribution is 2.50. The molecule has 0 radical (unpaired) electrons. The smallest absolute Gasteiger partial charge is 0.0570 e. The van der Waals surface area contributed by atoms with Crippen LogP contribution >= 0.6 is 23.5 Å². The second kappa shape index (κ2) is 5.38. The average Bonchev–Trinajstić information content (AvgIpc) is 2.53. The minimum absolute atomic E-state index is 0.664. The number of hydrogen-bond acceptors (Lipinski definition) is 3. The molecule has 1 fully saturated rings. The maximum atomic E-state index is 3.67. The van der Waals surface area contributed by atoms with E-state index in [2.05, 4.69) is 59.5 Å². The number of benzene rings is 2. The summed E-state index contributed by atoms with van der Waals surface area (Å²) in [5, 5.41) is 4.34. The number of hydrogen-bond donors (Lipinski definition) is 1. The summed E-state index contributed by atoms with van der Waals surface area (Å²) in [6.07, 6.45) is 4.06. The van der Waals surface area contributed by atoms with Gasteiger partial charge in [-0.25, -0.2) is 0 Å². The van der Waals surface area contributed by atoms with Crippen molar-refractivity contribution < 1.29 is 0 Å². The maximum absolute atomic E-state index is 3.67. The van der Waals surface area contributed by atoms with Gasteiger partial charge in [0.1, 0.15) is 0 Å². The van der Waals surface area contributed by atoms with Crippen molar-refractivity contribution in [1.29, 1.82) is 0 Å².